The minimum absolute atomic E-state index is 0.0111. The largest absolute Gasteiger partial charge is 0.355 e. The van der Waals surface area contributed by atoms with E-state index in [-0.39, 0.29) is 36.2 Å². The summed E-state index contributed by atoms with van der Waals surface area (Å²) in [6.07, 6.45) is 3.73. The zero-order valence-electron chi connectivity index (χ0n) is 18.2. The Morgan fingerprint density at radius 1 is 1.07 bits per heavy atom. The Hall–Kier alpha value is -2.41. The average Bonchev–Trinajstić information content (AvgIpc) is 2.73. The van der Waals surface area contributed by atoms with Gasteiger partial charge in [-0.1, -0.05) is 31.2 Å². The van der Waals surface area contributed by atoms with Gasteiger partial charge in [-0.3, -0.25) is 19.3 Å². The molecule has 164 valence electrons. The maximum Gasteiger partial charge on any atom is 0.234 e. The van der Waals surface area contributed by atoms with Gasteiger partial charge in [0.2, 0.25) is 17.7 Å². The van der Waals surface area contributed by atoms with Crippen LogP contribution < -0.4 is 10.6 Å². The van der Waals surface area contributed by atoms with Gasteiger partial charge in [0.05, 0.1) is 19.0 Å². The first-order chi connectivity index (χ1) is 14.5. The van der Waals surface area contributed by atoms with E-state index in [4.69, 9.17) is 0 Å². The van der Waals surface area contributed by atoms with Crippen LogP contribution in [-0.2, 0) is 20.8 Å². The number of carbonyl (C=O) groups excluding carboxylic acids is 3. The molecule has 2 aliphatic rings. The number of hydrogen-bond donors (Lipinski definition) is 2. The van der Waals surface area contributed by atoms with E-state index in [1.165, 1.54) is 5.56 Å². The Kier molecular flexibility index (Phi) is 7.85. The van der Waals surface area contributed by atoms with Crippen LogP contribution in [-0.4, -0.2) is 66.3 Å². The molecular formula is C23H34N4O3. The SMILES string of the molecule is CCCNC(=O)CN1CCC(NC(=O)CC2c3ccccc3CCN2C(C)=O)CC1. The Balaban J connectivity index is 1.51. The number of rotatable bonds is 7. The molecular weight excluding hydrogens is 380 g/mol. The van der Waals surface area contributed by atoms with Gasteiger partial charge in [0, 0.05) is 39.1 Å². The van der Waals surface area contributed by atoms with Crippen molar-refractivity contribution in [1.29, 1.82) is 0 Å². The summed E-state index contributed by atoms with van der Waals surface area (Å²) in [5, 5.41) is 6.07. The summed E-state index contributed by atoms with van der Waals surface area (Å²) < 4.78 is 0. The van der Waals surface area contributed by atoms with Crippen LogP contribution in [0.2, 0.25) is 0 Å². The molecule has 1 atom stereocenters. The maximum absolute atomic E-state index is 12.8. The van der Waals surface area contributed by atoms with Gasteiger partial charge in [0.25, 0.3) is 0 Å². The monoisotopic (exact) mass is 414 g/mol. The first-order valence-corrected chi connectivity index (χ1v) is 11.1. The Labute approximate surface area is 179 Å². The van der Waals surface area contributed by atoms with Crippen LogP contribution >= 0.6 is 0 Å². The third kappa shape index (κ3) is 5.81. The normalized spacial score (nSPS) is 19.8. The smallest absolute Gasteiger partial charge is 0.234 e. The topological polar surface area (TPSA) is 81.8 Å². The molecule has 0 aliphatic carbocycles. The molecule has 1 fully saturated rings. The van der Waals surface area contributed by atoms with Gasteiger partial charge in [-0.2, -0.15) is 0 Å². The van der Waals surface area contributed by atoms with Crippen LogP contribution in [0.1, 0.15) is 56.7 Å². The van der Waals surface area contributed by atoms with Crippen molar-refractivity contribution in [3.63, 3.8) is 0 Å². The van der Waals surface area contributed by atoms with Crippen LogP contribution in [0.4, 0.5) is 0 Å². The van der Waals surface area contributed by atoms with Crippen molar-refractivity contribution in [1.82, 2.24) is 20.4 Å². The van der Waals surface area contributed by atoms with Crippen molar-refractivity contribution in [3.05, 3.63) is 35.4 Å². The first kappa shape index (κ1) is 22.3. The quantitative estimate of drug-likeness (QED) is 0.711. The lowest BCUT2D eigenvalue weighted by molar-refractivity contribution is -0.133. The van der Waals surface area contributed by atoms with E-state index in [2.05, 4.69) is 21.6 Å². The van der Waals surface area contributed by atoms with Gasteiger partial charge in [-0.15, -0.1) is 0 Å². The summed E-state index contributed by atoms with van der Waals surface area (Å²) in [5.74, 6) is 0.0682. The molecule has 3 amide bonds. The van der Waals surface area contributed by atoms with E-state index >= 15 is 0 Å². The molecule has 0 bridgehead atoms. The molecule has 0 saturated carbocycles. The third-order valence-electron chi connectivity index (χ3n) is 6.09. The standard InChI is InChI=1S/C23H34N4O3/c1-3-11-24-23(30)16-26-12-9-19(10-13-26)25-22(29)15-21-20-7-5-4-6-18(20)8-14-27(21)17(2)28/h4-7,19,21H,3,8-16H2,1-2H3,(H,24,30)(H,25,29). The molecule has 7 heteroatoms. The maximum atomic E-state index is 12.8. The molecule has 3 rings (SSSR count). The van der Waals surface area contributed by atoms with Crippen molar-refractivity contribution in [2.45, 2.75) is 58.0 Å². The highest BCUT2D eigenvalue weighted by atomic mass is 16.2. The lowest BCUT2D eigenvalue weighted by Crippen LogP contribution is -2.48. The van der Waals surface area contributed by atoms with Crippen LogP contribution in [0.3, 0.4) is 0 Å². The van der Waals surface area contributed by atoms with E-state index < -0.39 is 0 Å². The van der Waals surface area contributed by atoms with Crippen LogP contribution in [0.5, 0.6) is 0 Å². The zero-order valence-corrected chi connectivity index (χ0v) is 18.2. The fourth-order valence-corrected chi connectivity index (χ4v) is 4.47. The van der Waals surface area contributed by atoms with E-state index in [1.54, 1.807) is 6.92 Å². The van der Waals surface area contributed by atoms with Crippen molar-refractivity contribution >= 4 is 17.7 Å². The predicted octanol–water partition coefficient (Wildman–Crippen LogP) is 1.63. The summed E-state index contributed by atoms with van der Waals surface area (Å²) in [5.41, 5.74) is 2.31. The van der Waals surface area contributed by atoms with E-state index in [0.717, 1.165) is 44.3 Å². The molecule has 0 radical (unpaired) electrons. The number of nitrogens with one attached hydrogen (secondary N) is 2. The summed E-state index contributed by atoms with van der Waals surface area (Å²) >= 11 is 0. The van der Waals surface area contributed by atoms with Gasteiger partial charge in [-0.05, 0) is 36.8 Å². The molecule has 1 saturated heterocycles. The van der Waals surface area contributed by atoms with Gasteiger partial charge in [-0.25, -0.2) is 0 Å². The highest BCUT2D eigenvalue weighted by Gasteiger charge is 2.31. The number of likely N-dealkylation sites (tertiary alicyclic amines) is 1. The molecule has 2 N–H and O–H groups in total. The molecule has 1 aromatic rings. The van der Waals surface area contributed by atoms with Crippen molar-refractivity contribution in [3.8, 4) is 0 Å². The van der Waals surface area contributed by atoms with E-state index in [9.17, 15) is 14.4 Å². The number of carbonyl (C=O) groups is 3. The van der Waals surface area contributed by atoms with Gasteiger partial charge < -0.3 is 15.5 Å². The first-order valence-electron chi connectivity index (χ1n) is 11.1. The molecule has 1 aromatic carbocycles. The van der Waals surface area contributed by atoms with Gasteiger partial charge in [0.1, 0.15) is 0 Å². The van der Waals surface area contributed by atoms with Crippen LogP contribution in [0.25, 0.3) is 0 Å². The average molecular weight is 415 g/mol. The molecule has 30 heavy (non-hydrogen) atoms. The van der Waals surface area contributed by atoms with Crippen LogP contribution in [0, 0.1) is 0 Å². The van der Waals surface area contributed by atoms with Gasteiger partial charge in [0.15, 0.2) is 0 Å². The summed E-state index contributed by atoms with van der Waals surface area (Å²) in [6.45, 7) is 7.01. The fraction of sp³-hybridized carbons (Fsp3) is 0.609. The lowest BCUT2D eigenvalue weighted by Gasteiger charge is -2.37. The minimum atomic E-state index is -0.199. The zero-order chi connectivity index (χ0) is 21.5. The highest BCUT2D eigenvalue weighted by Crippen LogP contribution is 2.32. The Morgan fingerprint density at radius 3 is 2.50 bits per heavy atom. The van der Waals surface area contributed by atoms with Crippen LogP contribution in [0.15, 0.2) is 24.3 Å². The Morgan fingerprint density at radius 2 is 1.80 bits per heavy atom. The number of nitrogens with zero attached hydrogens (tertiary/aromatic N) is 2. The molecule has 0 spiro atoms. The summed E-state index contributed by atoms with van der Waals surface area (Å²) in [6, 6.07) is 8.02. The molecule has 1 unspecified atom stereocenters. The van der Waals surface area contributed by atoms with E-state index in [0.29, 0.717) is 19.6 Å². The molecule has 2 aliphatic heterocycles. The van der Waals surface area contributed by atoms with Crippen molar-refractivity contribution < 1.29 is 14.4 Å². The second-order valence-corrected chi connectivity index (χ2v) is 8.35. The number of amides is 3. The summed E-state index contributed by atoms with van der Waals surface area (Å²) in [7, 11) is 0. The third-order valence-corrected chi connectivity index (χ3v) is 6.09. The minimum Gasteiger partial charge on any atom is -0.355 e. The van der Waals surface area contributed by atoms with Crippen molar-refractivity contribution in [2.75, 3.05) is 32.7 Å². The number of hydrogen-bond acceptors (Lipinski definition) is 4. The molecule has 0 aromatic heterocycles. The highest BCUT2D eigenvalue weighted by molar-refractivity contribution is 5.80. The van der Waals surface area contributed by atoms with E-state index in [1.807, 2.05) is 30.0 Å². The van der Waals surface area contributed by atoms with Crippen molar-refractivity contribution in [2.24, 2.45) is 0 Å². The second kappa shape index (κ2) is 10.6. The second-order valence-electron chi connectivity index (χ2n) is 8.35. The van der Waals surface area contributed by atoms with Gasteiger partial charge >= 0.3 is 0 Å². The molecule has 2 heterocycles. The lowest BCUT2D eigenvalue weighted by atomic mass is 9.90. The summed E-state index contributed by atoms with van der Waals surface area (Å²) in [4.78, 5) is 40.8. The molecule has 7 nitrogen and oxygen atoms in total. The predicted molar refractivity (Wildman–Crippen MR) is 116 cm³/mol. The number of benzene rings is 1. The Bertz CT molecular complexity index is 759. The number of piperidine rings is 1. The fourth-order valence-electron chi connectivity index (χ4n) is 4.47. The number of fused-ring (bicyclic) bond motifs is 1.